The van der Waals surface area contributed by atoms with Crippen LogP contribution >= 0.6 is 12.2 Å². The molecule has 76 valence electrons. The third-order valence-electron chi connectivity index (χ3n) is 3.24. The molecule has 1 aromatic rings. The Morgan fingerprint density at radius 1 is 1.36 bits per heavy atom. The van der Waals surface area contributed by atoms with Gasteiger partial charge >= 0.3 is 0 Å². The van der Waals surface area contributed by atoms with Gasteiger partial charge in [0.15, 0.2) is 4.77 Å². The molecule has 0 amide bonds. The van der Waals surface area contributed by atoms with Crippen LogP contribution in [0.3, 0.4) is 0 Å². The third kappa shape index (κ3) is 1.27. The maximum Gasteiger partial charge on any atom is 0.220 e. The van der Waals surface area contributed by atoms with Gasteiger partial charge in [0.05, 0.1) is 0 Å². The van der Waals surface area contributed by atoms with Crippen LogP contribution in [0.2, 0.25) is 0 Å². The van der Waals surface area contributed by atoms with Crippen LogP contribution in [0.5, 0.6) is 0 Å². The van der Waals surface area contributed by atoms with Gasteiger partial charge in [0, 0.05) is 6.04 Å². The minimum absolute atomic E-state index is 0.529. The van der Waals surface area contributed by atoms with Crippen LogP contribution in [0.4, 0.5) is 5.95 Å². The Morgan fingerprint density at radius 2 is 1.93 bits per heavy atom. The van der Waals surface area contributed by atoms with Gasteiger partial charge in [-0.3, -0.25) is 4.57 Å². The lowest BCUT2D eigenvalue weighted by atomic mass is 10.1. The molecule has 14 heavy (non-hydrogen) atoms. The number of aromatic nitrogens is 3. The predicted octanol–water partition coefficient (Wildman–Crippen LogP) is 1.88. The van der Waals surface area contributed by atoms with E-state index in [0.29, 0.717) is 16.8 Å². The number of hydrogen-bond acceptors (Lipinski definition) is 3. The maximum absolute atomic E-state index is 5.83. The smallest absolute Gasteiger partial charge is 0.220 e. The van der Waals surface area contributed by atoms with E-state index >= 15 is 0 Å². The normalized spacial score (nSPS) is 21.8. The Bertz CT molecular complexity index is 387. The molecule has 0 saturated heterocycles. The van der Waals surface area contributed by atoms with Crippen LogP contribution < -0.4 is 5.73 Å². The molecule has 0 radical (unpaired) electrons. The summed E-state index contributed by atoms with van der Waals surface area (Å²) in [6, 6.07) is 0.529. The predicted molar refractivity (Wildman–Crippen MR) is 56.3 cm³/mol. The second kappa shape index (κ2) is 2.82. The van der Waals surface area contributed by atoms with E-state index in [1.807, 2.05) is 4.57 Å². The molecule has 0 bridgehead atoms. The quantitative estimate of drug-likeness (QED) is 0.749. The first kappa shape index (κ1) is 8.47. The van der Waals surface area contributed by atoms with Gasteiger partial charge in [0.25, 0.3) is 0 Å². The number of hydrogen-bond donors (Lipinski definition) is 2. The average molecular weight is 210 g/mol. The highest BCUT2D eigenvalue weighted by atomic mass is 32.1. The van der Waals surface area contributed by atoms with Gasteiger partial charge in [-0.25, -0.2) is 5.10 Å². The van der Waals surface area contributed by atoms with Gasteiger partial charge in [0.1, 0.15) is 0 Å². The summed E-state index contributed by atoms with van der Waals surface area (Å²) in [5, 5.41) is 6.75. The number of nitrogens with two attached hydrogens (primary N) is 1. The number of nitrogens with one attached hydrogen (secondary N) is 1. The first-order valence-corrected chi connectivity index (χ1v) is 5.60. The summed E-state index contributed by atoms with van der Waals surface area (Å²) in [6.07, 6.45) is 5.31. The number of aromatic amines is 1. The molecule has 0 aliphatic heterocycles. The molecule has 0 aromatic carbocycles. The molecule has 4 nitrogen and oxygen atoms in total. The fourth-order valence-electron chi connectivity index (χ4n) is 2.29. The third-order valence-corrected chi connectivity index (χ3v) is 3.53. The van der Waals surface area contributed by atoms with Crippen LogP contribution in [-0.2, 0) is 0 Å². The number of rotatable bonds is 3. The summed E-state index contributed by atoms with van der Waals surface area (Å²) in [7, 11) is 0. The minimum atomic E-state index is 0.529. The van der Waals surface area contributed by atoms with Crippen molar-refractivity contribution in [2.24, 2.45) is 11.8 Å². The first-order chi connectivity index (χ1) is 6.77. The molecule has 1 aromatic heterocycles. The van der Waals surface area contributed by atoms with Crippen molar-refractivity contribution in [2.75, 3.05) is 5.73 Å². The Kier molecular flexibility index (Phi) is 1.71. The van der Waals surface area contributed by atoms with Crippen LogP contribution in [0.15, 0.2) is 0 Å². The molecule has 0 atom stereocenters. The zero-order chi connectivity index (χ0) is 9.71. The molecule has 2 aliphatic rings. The highest BCUT2D eigenvalue weighted by molar-refractivity contribution is 7.71. The van der Waals surface area contributed by atoms with E-state index in [1.54, 1.807) is 0 Å². The topological polar surface area (TPSA) is 59.6 Å². The first-order valence-electron chi connectivity index (χ1n) is 5.20. The van der Waals surface area contributed by atoms with E-state index in [4.69, 9.17) is 18.0 Å². The fraction of sp³-hybridized carbons (Fsp3) is 0.778. The molecule has 1 heterocycles. The van der Waals surface area contributed by atoms with Gasteiger partial charge in [-0.1, -0.05) is 0 Å². The molecular weight excluding hydrogens is 196 g/mol. The van der Waals surface area contributed by atoms with Crippen LogP contribution in [0, 0.1) is 16.6 Å². The van der Waals surface area contributed by atoms with Crippen molar-refractivity contribution in [2.45, 2.75) is 31.7 Å². The van der Waals surface area contributed by atoms with E-state index < -0.39 is 0 Å². The van der Waals surface area contributed by atoms with Crippen molar-refractivity contribution < 1.29 is 0 Å². The van der Waals surface area contributed by atoms with Crippen molar-refractivity contribution >= 4 is 18.2 Å². The Morgan fingerprint density at radius 3 is 2.29 bits per heavy atom. The van der Waals surface area contributed by atoms with E-state index in [9.17, 15) is 0 Å². The fourth-order valence-corrected chi connectivity index (χ4v) is 2.55. The van der Waals surface area contributed by atoms with E-state index in [2.05, 4.69) is 10.2 Å². The van der Waals surface area contributed by atoms with Gasteiger partial charge in [-0.2, -0.15) is 0 Å². The van der Waals surface area contributed by atoms with Crippen LogP contribution in [0.1, 0.15) is 31.7 Å². The van der Waals surface area contributed by atoms with Crippen molar-refractivity contribution in [3.05, 3.63) is 4.77 Å². The molecular formula is C9H14N4S. The Hall–Kier alpha value is -0.840. The Labute approximate surface area is 87.5 Å². The summed E-state index contributed by atoms with van der Waals surface area (Å²) >= 11 is 5.21. The van der Waals surface area contributed by atoms with E-state index in [-0.39, 0.29) is 0 Å². The van der Waals surface area contributed by atoms with Crippen molar-refractivity contribution in [1.82, 2.24) is 14.8 Å². The number of H-pyrrole nitrogens is 1. The molecule has 0 spiro atoms. The SMILES string of the molecule is Nc1n[nH]c(=S)n1C(C1CC1)C1CC1. The molecule has 3 N–H and O–H groups in total. The molecule has 5 heteroatoms. The monoisotopic (exact) mass is 210 g/mol. The number of anilines is 1. The molecule has 0 unspecified atom stereocenters. The van der Waals surface area contributed by atoms with E-state index in [1.165, 1.54) is 25.7 Å². The standard InChI is InChI=1S/C9H14N4S/c10-8-11-12-9(14)13(8)7(5-1-2-5)6-3-4-6/h5-7H,1-4H2,(H2,10,11)(H,12,14). The van der Waals surface area contributed by atoms with Crippen molar-refractivity contribution in [3.63, 3.8) is 0 Å². The second-order valence-corrected chi connectivity index (χ2v) is 4.81. The highest BCUT2D eigenvalue weighted by Crippen LogP contribution is 2.52. The van der Waals surface area contributed by atoms with Crippen LogP contribution in [0.25, 0.3) is 0 Å². The lowest BCUT2D eigenvalue weighted by Crippen LogP contribution is -2.16. The zero-order valence-electron chi connectivity index (χ0n) is 7.94. The maximum atomic E-state index is 5.83. The summed E-state index contributed by atoms with van der Waals surface area (Å²) in [6.45, 7) is 0. The van der Waals surface area contributed by atoms with Gasteiger partial charge in [-0.15, -0.1) is 5.10 Å². The number of nitrogen functional groups attached to an aromatic ring is 1. The van der Waals surface area contributed by atoms with Gasteiger partial charge in [0.2, 0.25) is 5.95 Å². The summed E-state index contributed by atoms with van der Waals surface area (Å²) < 4.78 is 2.72. The largest absolute Gasteiger partial charge is 0.368 e. The highest BCUT2D eigenvalue weighted by Gasteiger charge is 2.43. The second-order valence-electron chi connectivity index (χ2n) is 4.42. The van der Waals surface area contributed by atoms with Crippen molar-refractivity contribution in [1.29, 1.82) is 0 Å². The number of nitrogens with zero attached hydrogens (tertiary/aromatic N) is 2. The molecule has 2 fully saturated rings. The summed E-state index contributed by atoms with van der Waals surface area (Å²) in [5.74, 6) is 2.15. The van der Waals surface area contributed by atoms with Gasteiger partial charge in [-0.05, 0) is 49.7 Å². The minimum Gasteiger partial charge on any atom is -0.368 e. The summed E-state index contributed by atoms with van der Waals surface area (Å²) in [4.78, 5) is 0. The summed E-state index contributed by atoms with van der Waals surface area (Å²) in [5.41, 5.74) is 5.83. The van der Waals surface area contributed by atoms with Crippen molar-refractivity contribution in [3.8, 4) is 0 Å². The molecule has 2 aliphatic carbocycles. The Balaban J connectivity index is 2.01. The molecule has 2 saturated carbocycles. The van der Waals surface area contributed by atoms with E-state index in [0.717, 1.165) is 11.8 Å². The zero-order valence-corrected chi connectivity index (χ0v) is 8.76. The van der Waals surface area contributed by atoms with Crippen LogP contribution in [-0.4, -0.2) is 14.8 Å². The average Bonchev–Trinajstić information content (AvgIpc) is 2.99. The lowest BCUT2D eigenvalue weighted by molar-refractivity contribution is 0.395. The lowest BCUT2D eigenvalue weighted by Gasteiger charge is -2.17. The molecule has 3 rings (SSSR count). The van der Waals surface area contributed by atoms with Gasteiger partial charge < -0.3 is 5.73 Å².